The molecule has 0 fully saturated rings. The number of aryl methyl sites for hydroxylation is 1. The second-order valence-electron chi connectivity index (χ2n) is 5.30. The van der Waals surface area contributed by atoms with Crippen LogP contribution in [0.5, 0.6) is 0 Å². The van der Waals surface area contributed by atoms with Gasteiger partial charge in [-0.3, -0.25) is 4.79 Å². The summed E-state index contributed by atoms with van der Waals surface area (Å²) in [5.41, 5.74) is 4.87. The van der Waals surface area contributed by atoms with E-state index in [1.54, 1.807) is 11.1 Å². The topological polar surface area (TPSA) is 51.0 Å². The highest BCUT2D eigenvalue weighted by atomic mass is 16.2. The van der Waals surface area contributed by atoms with Crippen LogP contribution in [0.1, 0.15) is 27.6 Å². The summed E-state index contributed by atoms with van der Waals surface area (Å²) in [4.78, 5) is 22.8. The third-order valence-corrected chi connectivity index (χ3v) is 4.01. The summed E-state index contributed by atoms with van der Waals surface area (Å²) in [5, 5.41) is 0. The van der Waals surface area contributed by atoms with Crippen molar-refractivity contribution < 1.29 is 4.79 Å². The molecule has 0 N–H and O–H groups in total. The van der Waals surface area contributed by atoms with E-state index in [1.807, 2.05) is 27.0 Å². The average molecular weight is 270 g/mol. The fourth-order valence-electron chi connectivity index (χ4n) is 2.96. The molecule has 5 nitrogen and oxygen atoms in total. The first-order valence-electron chi connectivity index (χ1n) is 6.76. The molecule has 0 aliphatic carbocycles. The molecular formula is C15H18N4O. The zero-order chi connectivity index (χ0) is 14.4. The minimum atomic E-state index is 0.0916. The number of hydrogen-bond donors (Lipinski definition) is 0. The summed E-state index contributed by atoms with van der Waals surface area (Å²) in [5.74, 6) is 0.836. The lowest BCUT2D eigenvalue weighted by Gasteiger charge is -2.25. The number of carbonyl (C=O) groups is 1. The summed E-state index contributed by atoms with van der Waals surface area (Å²) in [6, 6.07) is 1.91. The van der Waals surface area contributed by atoms with Gasteiger partial charge >= 0.3 is 0 Å². The van der Waals surface area contributed by atoms with E-state index in [1.165, 1.54) is 0 Å². The van der Waals surface area contributed by atoms with Crippen molar-refractivity contribution in [3.05, 3.63) is 35.0 Å². The summed E-state index contributed by atoms with van der Waals surface area (Å²) < 4.78 is 2.12. The monoisotopic (exact) mass is 270 g/mol. The average Bonchev–Trinajstić information content (AvgIpc) is 2.66. The zero-order valence-electron chi connectivity index (χ0n) is 12.3. The molecule has 0 radical (unpaired) electrons. The van der Waals surface area contributed by atoms with Gasteiger partial charge in [0, 0.05) is 37.6 Å². The fraction of sp³-hybridized carbons (Fsp3) is 0.400. The first-order chi connectivity index (χ1) is 9.50. The van der Waals surface area contributed by atoms with Gasteiger partial charge in [-0.1, -0.05) is 0 Å². The van der Waals surface area contributed by atoms with Crippen LogP contribution in [0.2, 0.25) is 0 Å². The Bertz CT molecular complexity index is 702. The predicted molar refractivity (Wildman–Crippen MR) is 76.6 cm³/mol. The third-order valence-electron chi connectivity index (χ3n) is 4.01. The number of aromatic nitrogens is 3. The van der Waals surface area contributed by atoms with E-state index in [4.69, 9.17) is 0 Å². The van der Waals surface area contributed by atoms with Crippen LogP contribution in [0, 0.1) is 20.8 Å². The minimum absolute atomic E-state index is 0.0916. The summed E-state index contributed by atoms with van der Waals surface area (Å²) in [7, 11) is 1.85. The Morgan fingerprint density at radius 1 is 1.20 bits per heavy atom. The van der Waals surface area contributed by atoms with Crippen molar-refractivity contribution in [3.8, 4) is 11.3 Å². The molecular weight excluding hydrogens is 252 g/mol. The quantitative estimate of drug-likeness (QED) is 0.796. The number of fused-ring (bicyclic) bond motifs is 1. The SMILES string of the molecule is Cc1nccc(-c2c(C)c3n(c2C)CCN(C)C3=O)n1. The standard InChI is InChI=1S/C15H18N4O/c1-9-13(12-5-6-16-11(3)17-12)10(2)19-8-7-18(4)15(20)14(9)19/h5-6H,7-8H2,1-4H3. The maximum atomic E-state index is 12.4. The third kappa shape index (κ3) is 1.73. The molecule has 0 spiro atoms. The van der Waals surface area contributed by atoms with Crippen molar-refractivity contribution in [2.75, 3.05) is 13.6 Å². The Hall–Kier alpha value is -2.17. The van der Waals surface area contributed by atoms with Crippen molar-refractivity contribution in [2.24, 2.45) is 0 Å². The fourth-order valence-corrected chi connectivity index (χ4v) is 2.96. The normalized spacial score (nSPS) is 14.6. The molecule has 104 valence electrons. The van der Waals surface area contributed by atoms with Gasteiger partial charge in [0.2, 0.25) is 0 Å². The van der Waals surface area contributed by atoms with Gasteiger partial charge in [0.1, 0.15) is 11.5 Å². The van der Waals surface area contributed by atoms with Gasteiger partial charge in [0.15, 0.2) is 0 Å². The van der Waals surface area contributed by atoms with E-state index in [0.29, 0.717) is 0 Å². The van der Waals surface area contributed by atoms with Gasteiger partial charge < -0.3 is 9.47 Å². The van der Waals surface area contributed by atoms with Gasteiger partial charge in [-0.15, -0.1) is 0 Å². The summed E-state index contributed by atoms with van der Waals surface area (Å²) >= 11 is 0. The molecule has 1 aliphatic heterocycles. The van der Waals surface area contributed by atoms with Crippen LogP contribution in [0.3, 0.4) is 0 Å². The van der Waals surface area contributed by atoms with Crippen LogP contribution >= 0.6 is 0 Å². The molecule has 1 aliphatic rings. The van der Waals surface area contributed by atoms with Crippen LogP contribution in [0.15, 0.2) is 12.3 Å². The van der Waals surface area contributed by atoms with Crippen molar-refractivity contribution >= 4 is 5.91 Å². The molecule has 0 atom stereocenters. The van der Waals surface area contributed by atoms with E-state index in [0.717, 1.165) is 47.1 Å². The highest BCUT2D eigenvalue weighted by Gasteiger charge is 2.29. The number of carbonyl (C=O) groups excluding carboxylic acids is 1. The molecule has 3 heterocycles. The molecule has 20 heavy (non-hydrogen) atoms. The first-order valence-corrected chi connectivity index (χ1v) is 6.76. The molecule has 0 bridgehead atoms. The van der Waals surface area contributed by atoms with Crippen LogP contribution < -0.4 is 0 Å². The number of rotatable bonds is 1. The Balaban J connectivity index is 2.24. The highest BCUT2D eigenvalue weighted by molar-refractivity contribution is 5.97. The van der Waals surface area contributed by atoms with Crippen molar-refractivity contribution in [1.82, 2.24) is 19.4 Å². The number of likely N-dealkylation sites (N-methyl/N-ethyl adjacent to an activating group) is 1. The van der Waals surface area contributed by atoms with Crippen LogP contribution in [-0.4, -0.2) is 38.9 Å². The van der Waals surface area contributed by atoms with Crippen LogP contribution in [0.25, 0.3) is 11.3 Å². The largest absolute Gasteiger partial charge is 0.339 e. The molecule has 2 aromatic heterocycles. The summed E-state index contributed by atoms with van der Waals surface area (Å²) in [6.45, 7) is 7.53. The molecule has 2 aromatic rings. The molecule has 0 unspecified atom stereocenters. The van der Waals surface area contributed by atoms with Gasteiger partial charge in [0.05, 0.1) is 5.69 Å². The smallest absolute Gasteiger partial charge is 0.270 e. The van der Waals surface area contributed by atoms with Crippen molar-refractivity contribution in [2.45, 2.75) is 27.3 Å². The lowest BCUT2D eigenvalue weighted by atomic mass is 10.1. The van der Waals surface area contributed by atoms with Gasteiger partial charge in [-0.05, 0) is 32.4 Å². The van der Waals surface area contributed by atoms with Crippen molar-refractivity contribution in [3.63, 3.8) is 0 Å². The number of amides is 1. The lowest BCUT2D eigenvalue weighted by molar-refractivity contribution is 0.0747. The predicted octanol–water partition coefficient (Wildman–Crippen LogP) is 1.96. The van der Waals surface area contributed by atoms with E-state index in [2.05, 4.69) is 21.5 Å². The summed E-state index contributed by atoms with van der Waals surface area (Å²) in [6.07, 6.45) is 1.77. The Morgan fingerprint density at radius 3 is 2.65 bits per heavy atom. The van der Waals surface area contributed by atoms with Gasteiger partial charge in [-0.25, -0.2) is 9.97 Å². The Kier molecular flexibility index (Phi) is 2.85. The van der Waals surface area contributed by atoms with E-state index in [9.17, 15) is 4.79 Å². The maximum absolute atomic E-state index is 12.4. The van der Waals surface area contributed by atoms with Crippen LogP contribution in [0.4, 0.5) is 0 Å². The Morgan fingerprint density at radius 2 is 1.95 bits per heavy atom. The molecule has 5 heteroatoms. The lowest BCUT2D eigenvalue weighted by Crippen LogP contribution is -2.37. The second kappa shape index (κ2) is 4.44. The Labute approximate surface area is 118 Å². The van der Waals surface area contributed by atoms with Gasteiger partial charge in [0.25, 0.3) is 5.91 Å². The first kappa shape index (κ1) is 12.8. The van der Waals surface area contributed by atoms with Crippen molar-refractivity contribution in [1.29, 1.82) is 0 Å². The molecule has 1 amide bonds. The van der Waals surface area contributed by atoms with E-state index in [-0.39, 0.29) is 5.91 Å². The van der Waals surface area contributed by atoms with Gasteiger partial charge in [-0.2, -0.15) is 0 Å². The highest BCUT2D eigenvalue weighted by Crippen LogP contribution is 2.32. The number of nitrogens with zero attached hydrogens (tertiary/aromatic N) is 4. The molecule has 3 rings (SSSR count). The molecule has 0 aromatic carbocycles. The van der Waals surface area contributed by atoms with E-state index < -0.39 is 0 Å². The van der Waals surface area contributed by atoms with E-state index >= 15 is 0 Å². The minimum Gasteiger partial charge on any atom is -0.339 e. The van der Waals surface area contributed by atoms with Crippen LogP contribution in [-0.2, 0) is 6.54 Å². The molecule has 0 saturated heterocycles. The number of hydrogen-bond acceptors (Lipinski definition) is 3. The zero-order valence-corrected chi connectivity index (χ0v) is 12.3. The molecule has 0 saturated carbocycles. The maximum Gasteiger partial charge on any atom is 0.270 e. The second-order valence-corrected chi connectivity index (χ2v) is 5.30.